The summed E-state index contributed by atoms with van der Waals surface area (Å²) in [7, 11) is 3.94. The van der Waals surface area contributed by atoms with Gasteiger partial charge in [-0.25, -0.2) is 0 Å². The van der Waals surface area contributed by atoms with Gasteiger partial charge in [-0.15, -0.1) is 0 Å². The third kappa shape index (κ3) is 3.17. The van der Waals surface area contributed by atoms with Crippen LogP contribution in [0.25, 0.3) is 0 Å². The maximum atomic E-state index is 6.35. The molecule has 0 aliphatic rings. The molecule has 0 saturated heterocycles. The molecule has 19 heavy (non-hydrogen) atoms. The first-order valence-corrected chi connectivity index (χ1v) is 6.82. The highest BCUT2D eigenvalue weighted by Crippen LogP contribution is 2.26. The number of halogens is 1. The predicted molar refractivity (Wildman–Crippen MR) is 79.6 cm³/mol. The van der Waals surface area contributed by atoms with Crippen LogP contribution >= 0.6 is 11.6 Å². The Morgan fingerprint density at radius 3 is 2.58 bits per heavy atom. The molecule has 1 aromatic heterocycles. The highest BCUT2D eigenvalue weighted by Gasteiger charge is 2.15. The number of nitrogens with zero attached hydrogens (tertiary/aromatic N) is 2. The van der Waals surface area contributed by atoms with E-state index in [4.69, 9.17) is 11.6 Å². The third-order valence-electron chi connectivity index (χ3n) is 3.39. The maximum absolute atomic E-state index is 6.35. The quantitative estimate of drug-likeness (QED) is 0.930. The SMILES string of the molecule is CNC(Cc1cc(C)nn1C)c1ccc(C)cc1Cl. The Kier molecular flexibility index (Phi) is 4.27. The van der Waals surface area contributed by atoms with E-state index in [2.05, 4.69) is 35.5 Å². The van der Waals surface area contributed by atoms with Crippen LogP contribution in [-0.4, -0.2) is 16.8 Å². The lowest BCUT2D eigenvalue weighted by molar-refractivity contribution is 0.561. The van der Waals surface area contributed by atoms with Gasteiger partial charge in [0.1, 0.15) is 0 Å². The molecule has 102 valence electrons. The summed E-state index contributed by atoms with van der Waals surface area (Å²) in [6.45, 7) is 4.06. The van der Waals surface area contributed by atoms with Crippen molar-refractivity contribution in [3.63, 3.8) is 0 Å². The van der Waals surface area contributed by atoms with Crippen molar-refractivity contribution in [2.75, 3.05) is 7.05 Å². The fourth-order valence-corrected chi connectivity index (χ4v) is 2.71. The first-order valence-electron chi connectivity index (χ1n) is 6.44. The minimum Gasteiger partial charge on any atom is -0.313 e. The van der Waals surface area contributed by atoms with Crippen molar-refractivity contribution in [3.05, 3.63) is 51.8 Å². The molecule has 1 N–H and O–H groups in total. The van der Waals surface area contributed by atoms with E-state index >= 15 is 0 Å². The molecule has 2 aromatic rings. The summed E-state index contributed by atoms with van der Waals surface area (Å²) in [5, 5.41) is 8.54. The molecule has 0 spiro atoms. The summed E-state index contributed by atoms with van der Waals surface area (Å²) >= 11 is 6.35. The molecular weight excluding hydrogens is 258 g/mol. The molecule has 0 aliphatic carbocycles. The van der Waals surface area contributed by atoms with Gasteiger partial charge in [-0.3, -0.25) is 4.68 Å². The fourth-order valence-electron chi connectivity index (χ4n) is 2.35. The van der Waals surface area contributed by atoms with Crippen molar-refractivity contribution in [1.82, 2.24) is 15.1 Å². The van der Waals surface area contributed by atoms with E-state index in [1.165, 1.54) is 11.3 Å². The van der Waals surface area contributed by atoms with Crippen molar-refractivity contribution in [2.45, 2.75) is 26.3 Å². The number of rotatable bonds is 4. The lowest BCUT2D eigenvalue weighted by atomic mass is 10.0. The Morgan fingerprint density at radius 2 is 2.05 bits per heavy atom. The van der Waals surface area contributed by atoms with Crippen molar-refractivity contribution in [2.24, 2.45) is 7.05 Å². The van der Waals surface area contributed by atoms with Gasteiger partial charge in [0.05, 0.1) is 5.69 Å². The van der Waals surface area contributed by atoms with E-state index < -0.39 is 0 Å². The zero-order chi connectivity index (χ0) is 14.0. The molecule has 2 rings (SSSR count). The van der Waals surface area contributed by atoms with Crippen LogP contribution in [0.15, 0.2) is 24.3 Å². The first-order chi connectivity index (χ1) is 9.01. The van der Waals surface area contributed by atoms with E-state index in [0.29, 0.717) is 0 Å². The third-order valence-corrected chi connectivity index (χ3v) is 3.72. The number of hydrogen-bond donors (Lipinski definition) is 1. The van der Waals surface area contributed by atoms with E-state index in [-0.39, 0.29) is 6.04 Å². The summed E-state index contributed by atoms with van der Waals surface area (Å²) in [4.78, 5) is 0. The van der Waals surface area contributed by atoms with Crippen LogP contribution in [0.5, 0.6) is 0 Å². The van der Waals surface area contributed by atoms with Crippen LogP contribution in [0.3, 0.4) is 0 Å². The van der Waals surface area contributed by atoms with Gasteiger partial charge in [-0.2, -0.15) is 5.10 Å². The van der Waals surface area contributed by atoms with E-state index in [1.807, 2.05) is 31.8 Å². The van der Waals surface area contributed by atoms with Crippen LogP contribution in [0.4, 0.5) is 0 Å². The predicted octanol–water partition coefficient (Wildman–Crippen LogP) is 3.19. The number of aromatic nitrogens is 2. The zero-order valence-electron chi connectivity index (χ0n) is 11.9. The molecule has 3 nitrogen and oxygen atoms in total. The number of nitrogens with one attached hydrogen (secondary N) is 1. The zero-order valence-corrected chi connectivity index (χ0v) is 12.6. The van der Waals surface area contributed by atoms with Crippen LogP contribution in [-0.2, 0) is 13.5 Å². The molecule has 0 radical (unpaired) electrons. The Hall–Kier alpha value is -1.32. The Labute approximate surface area is 119 Å². The molecular formula is C15H20ClN3. The molecule has 0 bridgehead atoms. The van der Waals surface area contributed by atoms with Crippen molar-refractivity contribution in [3.8, 4) is 0 Å². The largest absolute Gasteiger partial charge is 0.313 e. The summed E-state index contributed by atoms with van der Waals surface area (Å²) < 4.78 is 1.93. The molecule has 1 unspecified atom stereocenters. The van der Waals surface area contributed by atoms with Gasteiger partial charge in [-0.05, 0) is 44.2 Å². The van der Waals surface area contributed by atoms with Crippen LogP contribution in [0.1, 0.15) is 28.6 Å². The van der Waals surface area contributed by atoms with Crippen LogP contribution < -0.4 is 5.32 Å². The Bertz CT molecular complexity index is 575. The van der Waals surface area contributed by atoms with Gasteiger partial charge in [0.25, 0.3) is 0 Å². The van der Waals surface area contributed by atoms with Gasteiger partial charge in [-0.1, -0.05) is 23.7 Å². The number of aryl methyl sites for hydroxylation is 3. The highest BCUT2D eigenvalue weighted by atomic mass is 35.5. The first kappa shape index (κ1) is 14.1. The van der Waals surface area contributed by atoms with Gasteiger partial charge in [0.2, 0.25) is 0 Å². The summed E-state index contributed by atoms with van der Waals surface area (Å²) in [6.07, 6.45) is 0.872. The average molecular weight is 278 g/mol. The standard InChI is InChI=1S/C15H20ClN3/c1-10-5-6-13(14(16)7-10)15(17-3)9-12-8-11(2)18-19(12)4/h5-8,15,17H,9H2,1-4H3. The fraction of sp³-hybridized carbons (Fsp3) is 0.400. The Balaban J connectivity index is 2.27. The summed E-state index contributed by atoms with van der Waals surface area (Å²) in [5.41, 5.74) is 4.56. The second-order valence-corrected chi connectivity index (χ2v) is 5.38. The van der Waals surface area contributed by atoms with Gasteiger partial charge >= 0.3 is 0 Å². The van der Waals surface area contributed by atoms with E-state index in [0.717, 1.165) is 22.7 Å². The normalized spacial score (nSPS) is 12.7. The summed E-state index contributed by atoms with van der Waals surface area (Å²) in [6, 6.07) is 8.52. The molecule has 0 aliphatic heterocycles. The topological polar surface area (TPSA) is 29.9 Å². The molecule has 1 heterocycles. The van der Waals surface area contributed by atoms with Gasteiger partial charge in [0, 0.05) is 30.2 Å². The van der Waals surface area contributed by atoms with Crippen molar-refractivity contribution < 1.29 is 0 Å². The molecule has 0 fully saturated rings. The second kappa shape index (κ2) is 5.76. The van der Waals surface area contributed by atoms with Gasteiger partial charge < -0.3 is 5.32 Å². The lowest BCUT2D eigenvalue weighted by Gasteiger charge is -2.18. The van der Waals surface area contributed by atoms with Crippen LogP contribution in [0.2, 0.25) is 5.02 Å². The summed E-state index contributed by atoms with van der Waals surface area (Å²) in [5.74, 6) is 0. The average Bonchev–Trinajstić information content (AvgIpc) is 2.65. The number of hydrogen-bond acceptors (Lipinski definition) is 2. The minimum absolute atomic E-state index is 0.197. The molecule has 0 amide bonds. The minimum atomic E-state index is 0.197. The lowest BCUT2D eigenvalue weighted by Crippen LogP contribution is -2.20. The highest BCUT2D eigenvalue weighted by molar-refractivity contribution is 6.31. The number of likely N-dealkylation sites (N-methyl/N-ethyl adjacent to an activating group) is 1. The smallest absolute Gasteiger partial charge is 0.0596 e. The van der Waals surface area contributed by atoms with Crippen molar-refractivity contribution >= 4 is 11.6 Å². The molecule has 1 aromatic carbocycles. The maximum Gasteiger partial charge on any atom is 0.0596 e. The molecule has 0 saturated carbocycles. The number of benzene rings is 1. The molecule has 1 atom stereocenters. The van der Waals surface area contributed by atoms with E-state index in [9.17, 15) is 0 Å². The van der Waals surface area contributed by atoms with Gasteiger partial charge in [0.15, 0.2) is 0 Å². The Morgan fingerprint density at radius 1 is 1.32 bits per heavy atom. The monoisotopic (exact) mass is 277 g/mol. The van der Waals surface area contributed by atoms with E-state index in [1.54, 1.807) is 0 Å². The van der Waals surface area contributed by atoms with Crippen LogP contribution in [0, 0.1) is 13.8 Å². The van der Waals surface area contributed by atoms with Crippen molar-refractivity contribution in [1.29, 1.82) is 0 Å². The second-order valence-electron chi connectivity index (χ2n) is 4.97. The molecule has 4 heteroatoms.